The molecule has 0 aliphatic heterocycles. The van der Waals surface area contributed by atoms with E-state index in [1.54, 1.807) is 30.7 Å². The number of hydrogen-bond donors (Lipinski definition) is 2. The van der Waals surface area contributed by atoms with Crippen LogP contribution in [0, 0.1) is 5.82 Å². The van der Waals surface area contributed by atoms with Crippen molar-refractivity contribution in [2.45, 2.75) is 13.8 Å². The monoisotopic (exact) mass is 436 g/mol. The summed E-state index contributed by atoms with van der Waals surface area (Å²) in [4.78, 5) is 16.5. The Bertz CT molecular complexity index is 1550. The number of nitrogens with one attached hydrogen (secondary N) is 2. The van der Waals surface area contributed by atoms with Crippen molar-refractivity contribution in [2.24, 2.45) is 4.99 Å². The van der Waals surface area contributed by atoms with E-state index in [1.165, 1.54) is 12.1 Å². The molecule has 1 aromatic carbocycles. The van der Waals surface area contributed by atoms with Crippen molar-refractivity contribution in [3.8, 4) is 22.6 Å². The maximum Gasteiger partial charge on any atom is 0.181 e. The quantitative estimate of drug-likeness (QED) is 0.250. The molecule has 0 aliphatic carbocycles. The number of benzene rings is 1. The summed E-state index contributed by atoms with van der Waals surface area (Å²) in [5, 5.41) is 9.32. The molecule has 2 N–H and O–H groups in total. The normalized spacial score (nSPS) is 12.6. The summed E-state index contributed by atoms with van der Waals surface area (Å²) in [7, 11) is 0. The summed E-state index contributed by atoms with van der Waals surface area (Å²) < 4.78 is 13.4. The first-order valence-electron chi connectivity index (χ1n) is 10.5. The lowest BCUT2D eigenvalue weighted by Gasteiger charge is -2.07. The molecule has 7 heteroatoms. The summed E-state index contributed by atoms with van der Waals surface area (Å²) in [5.41, 5.74) is 7.81. The predicted octanol–water partition coefficient (Wildman–Crippen LogP) is 6.32. The highest BCUT2D eigenvalue weighted by Gasteiger charge is 2.16. The smallest absolute Gasteiger partial charge is 0.181 e. The van der Waals surface area contributed by atoms with Gasteiger partial charge in [-0.15, -0.1) is 0 Å². The highest BCUT2D eigenvalue weighted by molar-refractivity contribution is 6.00. The third kappa shape index (κ3) is 3.63. The number of aromatic nitrogens is 5. The van der Waals surface area contributed by atoms with Crippen LogP contribution < -0.4 is 0 Å². The van der Waals surface area contributed by atoms with Crippen LogP contribution in [0.3, 0.4) is 0 Å². The second-order valence-corrected chi connectivity index (χ2v) is 7.70. The number of hydrogen-bond acceptors (Lipinski definition) is 4. The van der Waals surface area contributed by atoms with Crippen molar-refractivity contribution in [2.75, 3.05) is 0 Å². The third-order valence-electron chi connectivity index (χ3n) is 5.73. The van der Waals surface area contributed by atoms with Gasteiger partial charge in [0.05, 0.1) is 17.1 Å². The van der Waals surface area contributed by atoms with Gasteiger partial charge in [0.25, 0.3) is 0 Å². The van der Waals surface area contributed by atoms with Crippen molar-refractivity contribution in [3.63, 3.8) is 0 Å². The molecule has 5 rings (SSSR count). The summed E-state index contributed by atoms with van der Waals surface area (Å²) >= 11 is 0. The average molecular weight is 436 g/mol. The first-order chi connectivity index (χ1) is 16.1. The molecule has 0 spiro atoms. The molecule has 0 saturated carbocycles. The fourth-order valence-corrected chi connectivity index (χ4v) is 3.93. The fraction of sp³-hybridized carbons (Fsp3) is 0.0769. The zero-order chi connectivity index (χ0) is 22.9. The predicted molar refractivity (Wildman–Crippen MR) is 131 cm³/mol. The second-order valence-electron chi connectivity index (χ2n) is 7.70. The van der Waals surface area contributed by atoms with E-state index in [9.17, 15) is 4.39 Å². The number of allylic oxidation sites excluding steroid dienone is 3. The Morgan fingerprint density at radius 1 is 1.09 bits per heavy atom. The van der Waals surface area contributed by atoms with Crippen LogP contribution >= 0.6 is 0 Å². The summed E-state index contributed by atoms with van der Waals surface area (Å²) in [5.74, 6) is -0.277. The molecule has 4 aromatic heterocycles. The van der Waals surface area contributed by atoms with Gasteiger partial charge in [0.2, 0.25) is 0 Å². The summed E-state index contributed by atoms with van der Waals surface area (Å²) in [6.07, 6.45) is 7.30. The van der Waals surface area contributed by atoms with Crippen molar-refractivity contribution >= 4 is 34.2 Å². The lowest BCUT2D eigenvalue weighted by molar-refractivity contribution is 0.628. The third-order valence-corrected chi connectivity index (χ3v) is 5.73. The van der Waals surface area contributed by atoms with E-state index >= 15 is 0 Å². The highest BCUT2D eigenvalue weighted by Crippen LogP contribution is 2.34. The molecule has 0 saturated heterocycles. The van der Waals surface area contributed by atoms with Crippen molar-refractivity contribution in [1.82, 2.24) is 25.1 Å². The zero-order valence-corrected chi connectivity index (χ0v) is 18.2. The molecule has 0 radical (unpaired) electrons. The van der Waals surface area contributed by atoms with Gasteiger partial charge < -0.3 is 4.98 Å². The Kier molecular flexibility index (Phi) is 5.14. The second kappa shape index (κ2) is 8.27. The Labute approximate surface area is 189 Å². The molecule has 0 atom stereocenters. The number of aromatic amines is 2. The molecule has 5 aromatic rings. The summed E-state index contributed by atoms with van der Waals surface area (Å²) in [6.45, 7) is 7.61. The van der Waals surface area contributed by atoms with E-state index in [1.807, 2.05) is 32.1 Å². The minimum Gasteiger partial charge on any atom is -0.353 e. The number of aliphatic imine (C=N–C) groups is 1. The molecule has 0 fully saturated rings. The van der Waals surface area contributed by atoms with E-state index in [0.717, 1.165) is 55.6 Å². The van der Waals surface area contributed by atoms with E-state index in [0.29, 0.717) is 5.65 Å². The number of pyridine rings is 2. The van der Waals surface area contributed by atoms with Gasteiger partial charge in [0.15, 0.2) is 5.65 Å². The Balaban J connectivity index is 1.66. The lowest BCUT2D eigenvalue weighted by atomic mass is 10.00. The van der Waals surface area contributed by atoms with E-state index in [4.69, 9.17) is 0 Å². The van der Waals surface area contributed by atoms with Crippen LogP contribution in [0.4, 0.5) is 4.39 Å². The first kappa shape index (κ1) is 20.5. The topological polar surface area (TPSA) is 82.6 Å². The Morgan fingerprint density at radius 3 is 2.67 bits per heavy atom. The van der Waals surface area contributed by atoms with E-state index < -0.39 is 0 Å². The maximum absolute atomic E-state index is 13.4. The molecular formula is C26H21FN6. The van der Waals surface area contributed by atoms with E-state index in [-0.39, 0.29) is 5.82 Å². The van der Waals surface area contributed by atoms with Crippen molar-refractivity contribution in [3.05, 3.63) is 84.1 Å². The molecule has 0 unspecified atom stereocenters. The van der Waals surface area contributed by atoms with Crippen LogP contribution in [0.5, 0.6) is 0 Å². The van der Waals surface area contributed by atoms with E-state index in [2.05, 4.69) is 42.9 Å². The molecular weight excluding hydrogens is 415 g/mol. The van der Waals surface area contributed by atoms with Crippen LogP contribution in [-0.4, -0.2) is 31.9 Å². The standard InChI is InChI=1S/C26H21FN6/c1-4-15(2)21(14-28-3)17-11-20-25(32-33-26(20)30-13-17)23-12-19-22(31-23)9-10-29-24(19)16-5-7-18(27)8-6-16/h4-14,31H,3H2,1-2H3,(H,30,32,33)/b15-4-,21-14+. The molecule has 33 heavy (non-hydrogen) atoms. The van der Waals surface area contributed by atoms with Crippen molar-refractivity contribution in [1.29, 1.82) is 0 Å². The zero-order valence-electron chi connectivity index (χ0n) is 18.2. The number of nitrogens with zero attached hydrogens (tertiary/aromatic N) is 4. The molecule has 0 amide bonds. The number of fused-ring (bicyclic) bond motifs is 2. The maximum atomic E-state index is 13.4. The van der Waals surface area contributed by atoms with Gasteiger partial charge in [-0.05, 0) is 68.6 Å². The number of halogens is 1. The minimum atomic E-state index is -0.277. The van der Waals surface area contributed by atoms with Crippen LogP contribution in [0.2, 0.25) is 0 Å². The fourth-order valence-electron chi connectivity index (χ4n) is 3.93. The van der Waals surface area contributed by atoms with Gasteiger partial charge in [-0.3, -0.25) is 15.1 Å². The summed E-state index contributed by atoms with van der Waals surface area (Å²) in [6, 6.07) is 12.3. The molecule has 162 valence electrons. The Hall–Kier alpha value is -4.39. The average Bonchev–Trinajstić information content (AvgIpc) is 3.46. The van der Waals surface area contributed by atoms with Crippen LogP contribution in [0.1, 0.15) is 19.4 Å². The number of rotatable bonds is 5. The lowest BCUT2D eigenvalue weighted by Crippen LogP contribution is -1.89. The highest BCUT2D eigenvalue weighted by atomic mass is 19.1. The van der Waals surface area contributed by atoms with Crippen LogP contribution in [-0.2, 0) is 0 Å². The van der Waals surface area contributed by atoms with Gasteiger partial charge in [0, 0.05) is 51.6 Å². The molecule has 4 heterocycles. The first-order valence-corrected chi connectivity index (χ1v) is 10.5. The van der Waals surface area contributed by atoms with Crippen LogP contribution in [0.15, 0.2) is 77.7 Å². The molecule has 0 aliphatic rings. The van der Waals surface area contributed by atoms with Gasteiger partial charge >= 0.3 is 0 Å². The van der Waals surface area contributed by atoms with Gasteiger partial charge in [-0.1, -0.05) is 6.08 Å². The minimum absolute atomic E-state index is 0.277. The molecule has 0 bridgehead atoms. The largest absolute Gasteiger partial charge is 0.353 e. The van der Waals surface area contributed by atoms with Gasteiger partial charge in [-0.25, -0.2) is 9.37 Å². The van der Waals surface area contributed by atoms with Crippen molar-refractivity contribution < 1.29 is 4.39 Å². The molecule has 6 nitrogen and oxygen atoms in total. The number of H-pyrrole nitrogens is 2. The van der Waals surface area contributed by atoms with Gasteiger partial charge in [0.1, 0.15) is 5.82 Å². The van der Waals surface area contributed by atoms with Gasteiger partial charge in [-0.2, -0.15) is 5.10 Å². The van der Waals surface area contributed by atoms with Crippen LogP contribution in [0.25, 0.3) is 50.2 Å². The SMILES string of the molecule is C=N/C=C(\C(C)=C/C)c1cnc2n[nH]c(-c3cc4c(-c5ccc(F)cc5)nccc4[nH]3)c2c1. The Morgan fingerprint density at radius 2 is 1.91 bits per heavy atom.